The summed E-state index contributed by atoms with van der Waals surface area (Å²) in [4.78, 5) is 44.5. The maximum absolute atomic E-state index is 14.0. The minimum atomic E-state index is -0.879. The third-order valence-electron chi connectivity index (χ3n) is 8.53. The highest BCUT2D eigenvalue weighted by Gasteiger charge is 2.47. The Kier molecular flexibility index (Phi) is 10.4. The van der Waals surface area contributed by atoms with Gasteiger partial charge in [-0.2, -0.15) is 0 Å². The summed E-state index contributed by atoms with van der Waals surface area (Å²) in [5.74, 6) is -1.12. The van der Waals surface area contributed by atoms with Gasteiger partial charge in [-0.05, 0) is 54.7 Å². The van der Waals surface area contributed by atoms with Gasteiger partial charge in [0.05, 0.1) is 19.1 Å². The number of unbranched alkanes of at least 4 members (excludes halogenated alkanes) is 1. The molecule has 1 fully saturated rings. The van der Waals surface area contributed by atoms with E-state index < -0.39 is 17.9 Å². The fraction of sp³-hybridized carbons (Fsp3) is 0.531. The van der Waals surface area contributed by atoms with Crippen LogP contribution in [0.3, 0.4) is 0 Å². The summed E-state index contributed by atoms with van der Waals surface area (Å²) in [5, 5.41) is 10.5. The highest BCUT2D eigenvalue weighted by atomic mass is 16.5. The molecule has 9 nitrogen and oxygen atoms in total. The van der Waals surface area contributed by atoms with Crippen LogP contribution in [-0.4, -0.2) is 78.1 Å². The molecular formula is C32H44N4O5. The van der Waals surface area contributed by atoms with Crippen LogP contribution >= 0.6 is 0 Å². The average Bonchev–Trinajstić information content (AvgIpc) is 3.58. The molecule has 0 aliphatic carbocycles. The Hall–Kier alpha value is -3.43. The first-order valence-corrected chi connectivity index (χ1v) is 14.8. The van der Waals surface area contributed by atoms with Crippen molar-refractivity contribution in [2.24, 2.45) is 11.7 Å². The molecule has 2 aliphatic rings. The quantitative estimate of drug-likeness (QED) is 0.382. The van der Waals surface area contributed by atoms with Crippen LogP contribution in [0.5, 0.6) is 5.75 Å². The van der Waals surface area contributed by atoms with E-state index in [1.54, 1.807) is 4.90 Å². The Morgan fingerprint density at radius 3 is 2.61 bits per heavy atom. The lowest BCUT2D eigenvalue weighted by atomic mass is 9.83. The van der Waals surface area contributed by atoms with Gasteiger partial charge in [0.2, 0.25) is 11.8 Å². The van der Waals surface area contributed by atoms with Crippen LogP contribution in [0.4, 0.5) is 5.69 Å². The molecule has 2 heterocycles. The van der Waals surface area contributed by atoms with E-state index in [-0.39, 0.29) is 24.3 Å². The molecule has 1 unspecified atom stereocenters. The van der Waals surface area contributed by atoms with Crippen LogP contribution in [0.1, 0.15) is 62.6 Å². The molecule has 9 heteroatoms. The molecular weight excluding hydrogens is 520 g/mol. The van der Waals surface area contributed by atoms with E-state index in [1.165, 1.54) is 6.92 Å². The van der Waals surface area contributed by atoms with Gasteiger partial charge in [0.15, 0.2) is 0 Å². The van der Waals surface area contributed by atoms with Crippen molar-refractivity contribution in [3.8, 4) is 5.75 Å². The van der Waals surface area contributed by atoms with Gasteiger partial charge >= 0.3 is 5.97 Å². The molecule has 3 atom stereocenters. The molecule has 1 saturated heterocycles. The molecule has 2 aromatic rings. The number of carbonyl (C=O) groups excluding carboxylic acids is 2. The van der Waals surface area contributed by atoms with Gasteiger partial charge in [0.25, 0.3) is 0 Å². The Balaban J connectivity index is 1.65. The second-order valence-electron chi connectivity index (χ2n) is 11.1. The first kappa shape index (κ1) is 30.5. The predicted octanol–water partition coefficient (Wildman–Crippen LogP) is 3.64. The van der Waals surface area contributed by atoms with Crippen molar-refractivity contribution in [3.05, 3.63) is 59.2 Å². The van der Waals surface area contributed by atoms with Gasteiger partial charge in [-0.3, -0.25) is 19.3 Å². The Morgan fingerprint density at radius 2 is 1.93 bits per heavy atom. The number of carbonyl (C=O) groups is 3. The summed E-state index contributed by atoms with van der Waals surface area (Å²) < 4.78 is 5.68. The van der Waals surface area contributed by atoms with Gasteiger partial charge in [-0.25, -0.2) is 0 Å². The lowest BCUT2D eigenvalue weighted by Crippen LogP contribution is -2.46. The number of ether oxygens (including phenoxy) is 1. The van der Waals surface area contributed by atoms with Gasteiger partial charge < -0.3 is 25.4 Å². The van der Waals surface area contributed by atoms with E-state index in [9.17, 15) is 19.5 Å². The summed E-state index contributed by atoms with van der Waals surface area (Å²) in [6.45, 7) is 8.67. The van der Waals surface area contributed by atoms with Crippen LogP contribution in [0.25, 0.3) is 0 Å². The van der Waals surface area contributed by atoms with Crippen molar-refractivity contribution in [1.29, 1.82) is 0 Å². The first-order valence-electron chi connectivity index (χ1n) is 14.8. The molecule has 0 radical (unpaired) electrons. The minimum absolute atomic E-state index is 0.0410. The highest BCUT2D eigenvalue weighted by molar-refractivity contribution is 5.95. The molecule has 222 valence electrons. The van der Waals surface area contributed by atoms with Gasteiger partial charge in [0.1, 0.15) is 5.75 Å². The van der Waals surface area contributed by atoms with Crippen molar-refractivity contribution < 1.29 is 24.2 Å². The number of anilines is 1. The zero-order valence-corrected chi connectivity index (χ0v) is 24.6. The van der Waals surface area contributed by atoms with E-state index in [4.69, 9.17) is 10.5 Å². The van der Waals surface area contributed by atoms with Gasteiger partial charge in [-0.15, -0.1) is 0 Å². The Labute approximate surface area is 243 Å². The summed E-state index contributed by atoms with van der Waals surface area (Å²) in [5.41, 5.74) is 9.69. The number of rotatable bonds is 13. The van der Waals surface area contributed by atoms with E-state index in [0.717, 1.165) is 47.4 Å². The van der Waals surface area contributed by atoms with Gasteiger partial charge in [-0.1, -0.05) is 37.6 Å². The highest BCUT2D eigenvalue weighted by Crippen LogP contribution is 2.41. The topological polar surface area (TPSA) is 116 Å². The number of benzene rings is 2. The molecule has 0 bridgehead atoms. The van der Waals surface area contributed by atoms with E-state index >= 15 is 0 Å². The third-order valence-corrected chi connectivity index (χ3v) is 8.53. The van der Waals surface area contributed by atoms with Crippen LogP contribution < -0.4 is 15.4 Å². The molecule has 3 N–H and O–H groups in total. The molecule has 2 amide bonds. The average molecular weight is 565 g/mol. The number of hydrogen-bond acceptors (Lipinski definition) is 6. The molecule has 4 rings (SSSR count). The van der Waals surface area contributed by atoms with Crippen molar-refractivity contribution >= 4 is 23.5 Å². The SMILES string of the molecule is CCCCN(C(=O)CN1C[C@H](c2ccc3c(c2)CCO3)C(C(=O)O)[C@@H]1CCN(CC)C(C)=O)c1cccc(CN)c1. The summed E-state index contributed by atoms with van der Waals surface area (Å²) in [6, 6.07) is 13.3. The number of carboxylic acid groups (broad SMARTS) is 1. The predicted molar refractivity (Wildman–Crippen MR) is 159 cm³/mol. The largest absolute Gasteiger partial charge is 0.493 e. The van der Waals surface area contributed by atoms with E-state index in [1.807, 2.05) is 53.1 Å². The first-order chi connectivity index (χ1) is 19.8. The Morgan fingerprint density at radius 1 is 1.12 bits per heavy atom. The molecule has 2 aromatic carbocycles. The maximum Gasteiger partial charge on any atom is 0.308 e. The van der Waals surface area contributed by atoms with Crippen LogP contribution in [0.2, 0.25) is 0 Å². The minimum Gasteiger partial charge on any atom is -0.493 e. The number of carboxylic acids is 1. The third kappa shape index (κ3) is 7.08. The van der Waals surface area contributed by atoms with Crippen LogP contribution in [-0.2, 0) is 27.3 Å². The van der Waals surface area contributed by atoms with Gasteiger partial charge in [0, 0.05) is 63.7 Å². The number of hydrogen-bond donors (Lipinski definition) is 2. The number of nitrogens with two attached hydrogens (primary N) is 1. The van der Waals surface area contributed by atoms with Crippen LogP contribution in [0.15, 0.2) is 42.5 Å². The normalized spacial score (nSPS) is 20.0. The standard InChI is InChI=1S/C32H44N4O5/c1-4-6-14-36(26-9-7-8-23(17-26)19-33)30(38)21-35-20-27(24-10-11-29-25(18-24)13-16-41-29)31(32(39)40)28(35)12-15-34(5-2)22(3)37/h7-11,17-18,27-28,31H,4-6,12-16,19-21,33H2,1-3H3,(H,39,40)/t27-,28+,31?/m1/s1. The number of amides is 2. The number of likely N-dealkylation sites (tertiary alicyclic amines) is 1. The monoisotopic (exact) mass is 564 g/mol. The van der Waals surface area contributed by atoms with Crippen molar-refractivity contribution in [2.45, 2.75) is 65.0 Å². The fourth-order valence-corrected chi connectivity index (χ4v) is 6.28. The lowest BCUT2D eigenvalue weighted by Gasteiger charge is -2.31. The summed E-state index contributed by atoms with van der Waals surface area (Å²) in [7, 11) is 0. The van der Waals surface area contributed by atoms with Crippen LogP contribution in [0, 0.1) is 5.92 Å². The smallest absolute Gasteiger partial charge is 0.308 e. The summed E-state index contributed by atoms with van der Waals surface area (Å²) in [6.07, 6.45) is 3.07. The number of fused-ring (bicyclic) bond motifs is 1. The second kappa shape index (κ2) is 14.0. The van der Waals surface area contributed by atoms with Crippen molar-refractivity contribution in [3.63, 3.8) is 0 Å². The summed E-state index contributed by atoms with van der Waals surface area (Å²) >= 11 is 0. The molecule has 0 spiro atoms. The molecule has 41 heavy (non-hydrogen) atoms. The van der Waals surface area contributed by atoms with Crippen molar-refractivity contribution in [1.82, 2.24) is 9.80 Å². The number of aliphatic carboxylic acids is 1. The zero-order valence-electron chi connectivity index (χ0n) is 24.6. The molecule has 0 saturated carbocycles. The maximum atomic E-state index is 14.0. The fourth-order valence-electron chi connectivity index (χ4n) is 6.28. The second-order valence-corrected chi connectivity index (χ2v) is 11.1. The zero-order chi connectivity index (χ0) is 29.5. The van der Waals surface area contributed by atoms with E-state index in [2.05, 4.69) is 13.0 Å². The molecule has 2 aliphatic heterocycles. The molecule has 0 aromatic heterocycles. The lowest BCUT2D eigenvalue weighted by molar-refractivity contribution is -0.143. The van der Waals surface area contributed by atoms with E-state index in [0.29, 0.717) is 45.8 Å². The Bertz CT molecular complexity index is 1230. The number of nitrogens with zero attached hydrogens (tertiary/aromatic N) is 3. The van der Waals surface area contributed by atoms with Crippen molar-refractivity contribution in [2.75, 3.05) is 44.2 Å².